The van der Waals surface area contributed by atoms with E-state index in [9.17, 15) is 8.42 Å². The first-order valence-electron chi connectivity index (χ1n) is 15.4. The summed E-state index contributed by atoms with van der Waals surface area (Å²) >= 11 is 0. The van der Waals surface area contributed by atoms with Crippen molar-refractivity contribution in [3.8, 4) is 5.75 Å². The molecule has 226 valence electrons. The average molecular weight is 590 g/mol. The van der Waals surface area contributed by atoms with Gasteiger partial charge in [-0.05, 0) is 95.5 Å². The number of fused-ring (bicyclic) bond motifs is 4. The number of nitrogens with zero attached hydrogens (tertiary/aromatic N) is 2. The second kappa shape index (κ2) is 12.1. The molecule has 7 heteroatoms. The Labute approximate surface area is 252 Å². The van der Waals surface area contributed by atoms with Crippen LogP contribution >= 0.6 is 0 Å². The minimum atomic E-state index is -3.92. The smallest absolute Gasteiger partial charge is 0.241 e. The van der Waals surface area contributed by atoms with Crippen molar-refractivity contribution in [2.24, 2.45) is 11.8 Å². The van der Waals surface area contributed by atoms with E-state index >= 15 is 0 Å². The van der Waals surface area contributed by atoms with Crippen molar-refractivity contribution in [2.45, 2.75) is 89.1 Å². The van der Waals surface area contributed by atoms with Crippen LogP contribution in [0.1, 0.15) is 100 Å². The van der Waals surface area contributed by atoms with Gasteiger partial charge in [-0.2, -0.15) is 0 Å². The van der Waals surface area contributed by atoms with Crippen molar-refractivity contribution in [3.63, 3.8) is 0 Å². The quantitative estimate of drug-likeness (QED) is 0.248. The Morgan fingerprint density at radius 3 is 2.24 bits per heavy atom. The molecule has 2 aromatic carbocycles. The molecule has 0 aliphatic carbocycles. The zero-order valence-electron chi connectivity index (χ0n) is 26.2. The summed E-state index contributed by atoms with van der Waals surface area (Å²) in [5, 5.41) is 0.913. The molecule has 4 unspecified atom stereocenters. The number of piperidine rings is 3. The molecule has 1 aromatic heterocycles. The van der Waals surface area contributed by atoms with Crippen LogP contribution in [-0.2, 0) is 10.0 Å². The first kappa shape index (κ1) is 30.7. The van der Waals surface area contributed by atoms with Gasteiger partial charge in [-0.25, -0.2) is 13.1 Å². The summed E-state index contributed by atoms with van der Waals surface area (Å²) in [5.74, 6) is 2.07. The first-order valence-corrected chi connectivity index (χ1v) is 16.9. The number of rotatable bonds is 10. The molecule has 3 fully saturated rings. The lowest BCUT2D eigenvalue weighted by Crippen LogP contribution is -2.57. The third-order valence-corrected chi connectivity index (χ3v) is 11.1. The zero-order chi connectivity index (χ0) is 30.3. The first-order chi connectivity index (χ1) is 19.9. The van der Waals surface area contributed by atoms with Gasteiger partial charge in [-0.15, -0.1) is 6.58 Å². The van der Waals surface area contributed by atoms with Crippen molar-refractivity contribution in [1.29, 1.82) is 0 Å². The van der Waals surface area contributed by atoms with E-state index in [-0.39, 0.29) is 17.9 Å². The third-order valence-electron chi connectivity index (χ3n) is 9.49. The number of benzene rings is 2. The number of sulfonamides is 1. The minimum absolute atomic E-state index is 0.0199. The lowest BCUT2D eigenvalue weighted by Gasteiger charge is -2.51. The Bertz CT molecular complexity index is 1530. The average Bonchev–Trinajstić information content (AvgIpc) is 2.98. The predicted molar refractivity (Wildman–Crippen MR) is 172 cm³/mol. The van der Waals surface area contributed by atoms with E-state index in [1.165, 1.54) is 5.56 Å². The van der Waals surface area contributed by atoms with Crippen LogP contribution in [0.5, 0.6) is 5.75 Å². The SMILES string of the molecule is C=CC1CN2CCC1CC2[C@@H](NS(=O)(=O)c1c(C(C)C)cc(C(C)C)cc1C(C)C)c1ccnc2ccc(OC)cc12. The maximum atomic E-state index is 14.8. The van der Waals surface area contributed by atoms with Crippen LogP contribution < -0.4 is 9.46 Å². The standard InChI is InChI=1S/C35H47N3O3S/c1-9-24-20-38-15-13-25(24)18-33(38)34(28-12-14-36-32-11-10-27(41-8)19-31(28)32)37-42(39,40)35-29(22(4)5)16-26(21(2)3)17-30(35)23(6)7/h9-12,14,16-17,19,21-25,33-34,37H,1,13,15,18,20H2,2-8H3/t24?,25?,33?,34-/m0/s1. The summed E-state index contributed by atoms with van der Waals surface area (Å²) < 4.78 is 38.5. The molecule has 0 spiro atoms. The molecule has 4 heterocycles. The normalized spacial score (nSPS) is 23.2. The van der Waals surface area contributed by atoms with E-state index in [1.54, 1.807) is 13.3 Å². The van der Waals surface area contributed by atoms with Crippen molar-refractivity contribution in [2.75, 3.05) is 20.2 Å². The van der Waals surface area contributed by atoms with Crippen molar-refractivity contribution >= 4 is 20.9 Å². The summed E-state index contributed by atoms with van der Waals surface area (Å²) in [5.41, 5.74) is 4.70. The number of hydrogen-bond acceptors (Lipinski definition) is 5. The Hall–Kier alpha value is -2.74. The molecule has 3 saturated heterocycles. The molecular formula is C35H47N3O3S. The highest BCUT2D eigenvalue weighted by Gasteiger charge is 2.44. The fourth-order valence-corrected chi connectivity index (χ4v) is 8.99. The van der Waals surface area contributed by atoms with Crippen molar-refractivity contribution in [3.05, 3.63) is 77.5 Å². The van der Waals surface area contributed by atoms with Gasteiger partial charge < -0.3 is 4.74 Å². The molecule has 6 rings (SSSR count). The second-order valence-corrected chi connectivity index (χ2v) is 14.8. The highest BCUT2D eigenvalue weighted by Crippen LogP contribution is 2.44. The Balaban J connectivity index is 1.69. The van der Waals surface area contributed by atoms with Crippen LogP contribution in [0.25, 0.3) is 10.9 Å². The minimum Gasteiger partial charge on any atom is -0.497 e. The van der Waals surface area contributed by atoms with Crippen molar-refractivity contribution in [1.82, 2.24) is 14.6 Å². The molecular weight excluding hydrogens is 542 g/mol. The highest BCUT2D eigenvalue weighted by molar-refractivity contribution is 7.89. The van der Waals surface area contributed by atoms with E-state index in [0.717, 1.165) is 59.3 Å². The van der Waals surface area contributed by atoms with Gasteiger partial charge in [0.2, 0.25) is 10.0 Å². The fraction of sp³-hybridized carbons (Fsp3) is 0.514. The Kier molecular flexibility index (Phi) is 8.85. The molecule has 42 heavy (non-hydrogen) atoms. The van der Waals surface area contributed by atoms with E-state index in [0.29, 0.717) is 22.6 Å². The van der Waals surface area contributed by atoms with Crippen LogP contribution in [0.2, 0.25) is 0 Å². The van der Waals surface area contributed by atoms with Gasteiger partial charge >= 0.3 is 0 Å². The number of pyridine rings is 1. The highest BCUT2D eigenvalue weighted by atomic mass is 32.2. The van der Waals surface area contributed by atoms with Gasteiger partial charge in [0.15, 0.2) is 0 Å². The number of ether oxygens (including phenoxy) is 1. The van der Waals surface area contributed by atoms with Gasteiger partial charge in [0.25, 0.3) is 0 Å². The predicted octanol–water partition coefficient (Wildman–Crippen LogP) is 7.53. The molecule has 3 aliphatic heterocycles. The van der Waals surface area contributed by atoms with Gasteiger partial charge in [0, 0.05) is 24.2 Å². The summed E-state index contributed by atoms with van der Waals surface area (Å²) in [6.07, 6.45) is 5.91. The van der Waals surface area contributed by atoms with Gasteiger partial charge in [0.1, 0.15) is 5.75 Å². The van der Waals surface area contributed by atoms with Crippen LogP contribution in [0.3, 0.4) is 0 Å². The number of hydrogen-bond donors (Lipinski definition) is 1. The van der Waals surface area contributed by atoms with E-state index < -0.39 is 16.1 Å². The van der Waals surface area contributed by atoms with Crippen LogP contribution in [0.4, 0.5) is 0 Å². The van der Waals surface area contributed by atoms with Crippen molar-refractivity contribution < 1.29 is 13.2 Å². The van der Waals surface area contributed by atoms with Crippen LogP contribution in [0, 0.1) is 11.8 Å². The zero-order valence-corrected chi connectivity index (χ0v) is 27.0. The number of nitrogens with one attached hydrogen (secondary N) is 1. The molecule has 6 nitrogen and oxygen atoms in total. The molecule has 5 atom stereocenters. The topological polar surface area (TPSA) is 71.5 Å². The molecule has 3 aromatic rings. The van der Waals surface area contributed by atoms with Gasteiger partial charge in [-0.3, -0.25) is 9.88 Å². The maximum absolute atomic E-state index is 14.8. The molecule has 3 aliphatic rings. The summed E-state index contributed by atoms with van der Waals surface area (Å²) in [4.78, 5) is 7.53. The summed E-state index contributed by atoms with van der Waals surface area (Å²) in [6, 6.07) is 11.6. The number of aromatic nitrogens is 1. The van der Waals surface area contributed by atoms with Gasteiger partial charge in [-0.1, -0.05) is 59.8 Å². The second-order valence-electron chi connectivity index (χ2n) is 13.1. The van der Waals surface area contributed by atoms with E-state index in [4.69, 9.17) is 4.74 Å². The fourth-order valence-electron chi connectivity index (χ4n) is 7.04. The molecule has 0 amide bonds. The summed E-state index contributed by atoms with van der Waals surface area (Å²) in [6.45, 7) is 18.6. The summed E-state index contributed by atoms with van der Waals surface area (Å²) in [7, 11) is -2.27. The van der Waals surface area contributed by atoms with Gasteiger partial charge in [0.05, 0.1) is 23.6 Å². The van der Waals surface area contributed by atoms with E-state index in [2.05, 4.69) is 80.9 Å². The van der Waals surface area contributed by atoms with E-state index in [1.807, 2.05) is 24.3 Å². The lowest BCUT2D eigenvalue weighted by atomic mass is 9.73. The Morgan fingerprint density at radius 2 is 1.69 bits per heavy atom. The molecule has 0 saturated carbocycles. The molecule has 0 radical (unpaired) electrons. The monoisotopic (exact) mass is 589 g/mol. The van der Waals surface area contributed by atoms with Crippen LogP contribution in [-0.4, -0.2) is 44.5 Å². The maximum Gasteiger partial charge on any atom is 0.241 e. The Morgan fingerprint density at radius 1 is 1.00 bits per heavy atom. The third kappa shape index (κ3) is 5.76. The lowest BCUT2D eigenvalue weighted by molar-refractivity contribution is 0.00490. The number of methoxy groups -OCH3 is 1. The largest absolute Gasteiger partial charge is 0.497 e. The molecule has 2 bridgehead atoms. The molecule has 1 N–H and O–H groups in total. The van der Waals surface area contributed by atoms with Crippen LogP contribution in [0.15, 0.2) is 60.1 Å².